The second-order valence-corrected chi connectivity index (χ2v) is 8.21. The molecule has 3 rings (SSSR count). The summed E-state index contributed by atoms with van der Waals surface area (Å²) in [5, 5.41) is 2.72. The topological polar surface area (TPSA) is 56.8 Å². The SMILES string of the molecule is CC(C)c1ccc(OCC(=O)NCC#CCOc2cccc3c2OC(C)(C)C3)cc1. The predicted octanol–water partition coefficient (Wildman–Crippen LogP) is 4.10. The van der Waals surface area contributed by atoms with Crippen LogP contribution in [0.5, 0.6) is 17.2 Å². The third-order valence-corrected chi connectivity index (χ3v) is 4.77. The van der Waals surface area contributed by atoms with E-state index in [1.807, 2.05) is 36.4 Å². The minimum atomic E-state index is -0.213. The van der Waals surface area contributed by atoms with Gasteiger partial charge in [0.2, 0.25) is 0 Å². The molecule has 1 aliphatic heterocycles. The number of fused-ring (bicyclic) bond motifs is 1. The molecule has 0 saturated carbocycles. The van der Waals surface area contributed by atoms with Crippen LogP contribution in [-0.4, -0.2) is 31.3 Å². The molecule has 0 aliphatic carbocycles. The summed E-state index contributed by atoms with van der Waals surface area (Å²) in [6.07, 6.45) is 0.862. The zero-order valence-electron chi connectivity index (χ0n) is 18.1. The predicted molar refractivity (Wildman–Crippen MR) is 117 cm³/mol. The van der Waals surface area contributed by atoms with E-state index in [1.54, 1.807) is 0 Å². The van der Waals surface area contributed by atoms with Gasteiger partial charge in [-0.2, -0.15) is 0 Å². The molecule has 1 heterocycles. The first kappa shape index (κ1) is 21.6. The third kappa shape index (κ3) is 5.93. The molecule has 2 aromatic rings. The molecule has 1 aliphatic rings. The van der Waals surface area contributed by atoms with E-state index in [2.05, 4.69) is 50.9 Å². The number of hydrogen-bond acceptors (Lipinski definition) is 4. The number of ether oxygens (including phenoxy) is 3. The highest BCUT2D eigenvalue weighted by molar-refractivity contribution is 5.77. The summed E-state index contributed by atoms with van der Waals surface area (Å²) in [7, 11) is 0. The van der Waals surface area contributed by atoms with Crippen LogP contribution in [0.25, 0.3) is 0 Å². The van der Waals surface area contributed by atoms with Crippen LogP contribution in [-0.2, 0) is 11.2 Å². The van der Waals surface area contributed by atoms with Gasteiger partial charge in [0, 0.05) is 12.0 Å². The molecule has 0 unspecified atom stereocenters. The Kier molecular flexibility index (Phi) is 6.89. The van der Waals surface area contributed by atoms with Gasteiger partial charge in [0.25, 0.3) is 5.91 Å². The molecular formula is C25H29NO4. The van der Waals surface area contributed by atoms with Crippen LogP contribution in [0.3, 0.4) is 0 Å². The number of carbonyl (C=O) groups is 1. The summed E-state index contributed by atoms with van der Waals surface area (Å²) in [6.45, 7) is 8.82. The Hall–Kier alpha value is -3.13. The van der Waals surface area contributed by atoms with Crippen molar-refractivity contribution < 1.29 is 19.0 Å². The molecule has 30 heavy (non-hydrogen) atoms. The molecule has 0 fully saturated rings. The second kappa shape index (κ2) is 9.58. The molecule has 5 nitrogen and oxygen atoms in total. The van der Waals surface area contributed by atoms with E-state index in [0.29, 0.717) is 17.4 Å². The average Bonchev–Trinajstić information content (AvgIpc) is 3.03. The molecule has 0 bridgehead atoms. The molecule has 5 heteroatoms. The van der Waals surface area contributed by atoms with E-state index in [9.17, 15) is 4.79 Å². The number of para-hydroxylation sites is 1. The van der Waals surface area contributed by atoms with Crippen molar-refractivity contribution in [3.05, 3.63) is 53.6 Å². The highest BCUT2D eigenvalue weighted by atomic mass is 16.5. The summed E-state index contributed by atoms with van der Waals surface area (Å²) in [6, 6.07) is 13.7. The van der Waals surface area contributed by atoms with Crippen molar-refractivity contribution in [1.82, 2.24) is 5.32 Å². The Balaban J connectivity index is 1.37. The fourth-order valence-electron chi connectivity index (χ4n) is 3.22. The van der Waals surface area contributed by atoms with Gasteiger partial charge in [0.05, 0.1) is 6.54 Å². The molecule has 158 valence electrons. The molecule has 0 saturated heterocycles. The van der Waals surface area contributed by atoms with Gasteiger partial charge >= 0.3 is 0 Å². The first-order valence-electron chi connectivity index (χ1n) is 10.2. The fraction of sp³-hybridized carbons (Fsp3) is 0.400. The Morgan fingerprint density at radius 2 is 1.90 bits per heavy atom. The number of nitrogens with one attached hydrogen (secondary N) is 1. The molecule has 2 aromatic carbocycles. The van der Waals surface area contributed by atoms with E-state index >= 15 is 0 Å². The Morgan fingerprint density at radius 3 is 2.63 bits per heavy atom. The Bertz CT molecular complexity index is 936. The largest absolute Gasteiger partial charge is 0.484 e. The van der Waals surface area contributed by atoms with Gasteiger partial charge in [-0.05, 0) is 43.5 Å². The summed E-state index contributed by atoms with van der Waals surface area (Å²) < 4.78 is 17.2. The van der Waals surface area contributed by atoms with Gasteiger partial charge in [-0.1, -0.05) is 50.0 Å². The van der Waals surface area contributed by atoms with Crippen LogP contribution in [0.2, 0.25) is 0 Å². The van der Waals surface area contributed by atoms with Gasteiger partial charge in [-0.15, -0.1) is 0 Å². The zero-order valence-corrected chi connectivity index (χ0v) is 18.1. The number of carbonyl (C=O) groups excluding carboxylic acids is 1. The number of rotatable bonds is 7. The van der Waals surface area contributed by atoms with Crippen molar-refractivity contribution in [3.8, 4) is 29.1 Å². The summed E-state index contributed by atoms with van der Waals surface area (Å²) >= 11 is 0. The molecule has 1 amide bonds. The van der Waals surface area contributed by atoms with Crippen LogP contribution in [0, 0.1) is 11.8 Å². The van der Waals surface area contributed by atoms with Gasteiger partial charge in [-0.3, -0.25) is 4.79 Å². The van der Waals surface area contributed by atoms with Crippen molar-refractivity contribution in [1.29, 1.82) is 0 Å². The highest BCUT2D eigenvalue weighted by Gasteiger charge is 2.32. The Labute approximate surface area is 178 Å². The first-order chi connectivity index (χ1) is 14.3. The van der Waals surface area contributed by atoms with Crippen LogP contribution >= 0.6 is 0 Å². The Morgan fingerprint density at radius 1 is 1.13 bits per heavy atom. The molecule has 0 radical (unpaired) electrons. The quantitative estimate of drug-likeness (QED) is 0.702. The lowest BCUT2D eigenvalue weighted by Crippen LogP contribution is -2.29. The normalized spacial score (nSPS) is 13.6. The van der Waals surface area contributed by atoms with Crippen molar-refractivity contribution in [2.24, 2.45) is 0 Å². The van der Waals surface area contributed by atoms with Gasteiger partial charge in [0.1, 0.15) is 18.0 Å². The summed E-state index contributed by atoms with van der Waals surface area (Å²) in [5.74, 6) is 8.23. The van der Waals surface area contributed by atoms with Crippen molar-refractivity contribution in [3.63, 3.8) is 0 Å². The van der Waals surface area contributed by atoms with E-state index in [0.717, 1.165) is 17.7 Å². The van der Waals surface area contributed by atoms with Crippen LogP contribution in [0.15, 0.2) is 42.5 Å². The maximum absolute atomic E-state index is 11.9. The lowest BCUT2D eigenvalue weighted by Gasteiger charge is -2.17. The lowest BCUT2D eigenvalue weighted by molar-refractivity contribution is -0.122. The smallest absolute Gasteiger partial charge is 0.258 e. The van der Waals surface area contributed by atoms with E-state index in [1.165, 1.54) is 5.56 Å². The second-order valence-electron chi connectivity index (χ2n) is 8.21. The molecule has 1 N–H and O–H groups in total. The number of amides is 1. The van der Waals surface area contributed by atoms with E-state index < -0.39 is 0 Å². The average molecular weight is 408 g/mol. The van der Waals surface area contributed by atoms with E-state index in [4.69, 9.17) is 14.2 Å². The van der Waals surface area contributed by atoms with E-state index in [-0.39, 0.29) is 31.3 Å². The van der Waals surface area contributed by atoms with Crippen molar-refractivity contribution >= 4 is 5.91 Å². The van der Waals surface area contributed by atoms with Crippen LogP contribution in [0.4, 0.5) is 0 Å². The maximum atomic E-state index is 11.9. The fourth-order valence-corrected chi connectivity index (χ4v) is 3.22. The minimum absolute atomic E-state index is 0.0392. The number of hydrogen-bond donors (Lipinski definition) is 1. The van der Waals surface area contributed by atoms with Crippen molar-refractivity contribution in [2.75, 3.05) is 19.8 Å². The molecule has 0 spiro atoms. The van der Waals surface area contributed by atoms with Gasteiger partial charge in [0.15, 0.2) is 18.1 Å². The zero-order chi connectivity index (χ0) is 21.6. The summed E-state index contributed by atoms with van der Waals surface area (Å²) in [5.41, 5.74) is 2.17. The molecular weight excluding hydrogens is 378 g/mol. The molecule has 0 atom stereocenters. The van der Waals surface area contributed by atoms with Crippen LogP contribution in [0.1, 0.15) is 44.7 Å². The van der Waals surface area contributed by atoms with Crippen molar-refractivity contribution in [2.45, 2.75) is 45.6 Å². The monoisotopic (exact) mass is 407 g/mol. The maximum Gasteiger partial charge on any atom is 0.258 e. The summed E-state index contributed by atoms with van der Waals surface area (Å²) in [4.78, 5) is 11.9. The third-order valence-electron chi connectivity index (χ3n) is 4.77. The molecule has 0 aromatic heterocycles. The van der Waals surface area contributed by atoms with Gasteiger partial charge < -0.3 is 19.5 Å². The van der Waals surface area contributed by atoms with Crippen LogP contribution < -0.4 is 19.5 Å². The highest BCUT2D eigenvalue weighted by Crippen LogP contribution is 2.41. The minimum Gasteiger partial charge on any atom is -0.484 e. The first-order valence-corrected chi connectivity index (χ1v) is 10.2. The standard InChI is InChI=1S/C25H29NO4/c1-18(2)19-10-12-21(13-11-19)29-17-23(27)26-14-5-6-15-28-22-9-7-8-20-16-25(3,4)30-24(20)22/h7-13,18H,14-17H2,1-4H3,(H,26,27). The lowest BCUT2D eigenvalue weighted by atomic mass is 10.0. The van der Waals surface area contributed by atoms with Gasteiger partial charge in [-0.25, -0.2) is 0 Å². The number of benzene rings is 2.